The van der Waals surface area contributed by atoms with E-state index in [4.69, 9.17) is 0 Å². The molecular weight excluding hydrogens is 588 g/mol. The molecule has 1 aliphatic carbocycles. The summed E-state index contributed by atoms with van der Waals surface area (Å²) in [6.07, 6.45) is 4.24. The van der Waals surface area contributed by atoms with Crippen LogP contribution in [0.4, 0.5) is 0 Å². The number of phenolic OH excluding ortho intramolecular Hbond substituents is 2. The summed E-state index contributed by atoms with van der Waals surface area (Å²) < 4.78 is 0. The van der Waals surface area contributed by atoms with Gasteiger partial charge in [0.05, 0.1) is 12.1 Å². The highest BCUT2D eigenvalue weighted by atomic mass is 16.3. The Morgan fingerprint density at radius 2 is 0.771 bits per heavy atom. The lowest BCUT2D eigenvalue weighted by atomic mass is 9.85. The van der Waals surface area contributed by atoms with E-state index in [2.05, 4.69) is 59.2 Å². The smallest absolute Gasteiger partial charge is 0.128 e. The second kappa shape index (κ2) is 14.7. The molecule has 240 valence electrons. The normalized spacial score (nSPS) is 17.4. The Balaban J connectivity index is 1.25. The van der Waals surface area contributed by atoms with E-state index in [1.54, 1.807) is 0 Å². The van der Waals surface area contributed by atoms with Crippen LogP contribution in [-0.4, -0.2) is 22.3 Å². The van der Waals surface area contributed by atoms with Crippen LogP contribution in [-0.2, 0) is 0 Å². The molecule has 1 saturated carbocycles. The Labute approximate surface area is 283 Å². The first-order chi connectivity index (χ1) is 23.7. The van der Waals surface area contributed by atoms with E-state index in [-0.39, 0.29) is 24.2 Å². The van der Waals surface area contributed by atoms with Crippen LogP contribution in [0.25, 0.3) is 22.3 Å². The first-order valence-electron chi connectivity index (χ1n) is 17.0. The molecule has 0 radical (unpaired) electrons. The Bertz CT molecular complexity index is 1770. The second-order valence-corrected chi connectivity index (χ2v) is 12.7. The molecule has 0 bridgehead atoms. The molecule has 48 heavy (non-hydrogen) atoms. The molecule has 7 rings (SSSR count). The fourth-order valence-electron chi connectivity index (χ4n) is 7.27. The highest BCUT2D eigenvalue weighted by molar-refractivity contribution is 5.73. The summed E-state index contributed by atoms with van der Waals surface area (Å²) in [6, 6.07) is 53.0. The van der Waals surface area contributed by atoms with Gasteiger partial charge in [-0.2, -0.15) is 0 Å². The van der Waals surface area contributed by atoms with Crippen molar-refractivity contribution in [2.24, 2.45) is 0 Å². The molecule has 0 amide bonds. The third kappa shape index (κ3) is 6.77. The molecule has 0 saturated heterocycles. The predicted octanol–water partition coefficient (Wildman–Crippen LogP) is 9.80. The standard InChI is InChI=1S/C44H42N2O2/c47-43-35(31-17-5-1-6-18-31)25-15-27-37(43)41(33-21-9-3-10-22-33)45-39-29-13-14-30-40(39)46-42(34-23-11-4-12-24-34)38-28-16-26-36(44(38)48)32-19-7-2-8-20-32/h1-12,15-28,39-42,45-48H,13-14,29-30H2/t39-,40-,41-,42-/m1/s1. The molecule has 4 heteroatoms. The fourth-order valence-corrected chi connectivity index (χ4v) is 7.27. The van der Waals surface area contributed by atoms with E-state index >= 15 is 0 Å². The van der Waals surface area contributed by atoms with Gasteiger partial charge >= 0.3 is 0 Å². The van der Waals surface area contributed by atoms with Gasteiger partial charge in [0.1, 0.15) is 11.5 Å². The number of aromatic hydroxyl groups is 2. The molecule has 4 atom stereocenters. The van der Waals surface area contributed by atoms with Crippen LogP contribution in [0.1, 0.15) is 60.0 Å². The summed E-state index contributed by atoms with van der Waals surface area (Å²) in [7, 11) is 0. The van der Waals surface area contributed by atoms with Crippen molar-refractivity contribution in [3.05, 3.63) is 180 Å². The van der Waals surface area contributed by atoms with Crippen molar-refractivity contribution in [3.8, 4) is 33.8 Å². The lowest BCUT2D eigenvalue weighted by Crippen LogP contribution is -2.52. The van der Waals surface area contributed by atoms with Gasteiger partial charge in [0.15, 0.2) is 0 Å². The molecule has 0 heterocycles. The van der Waals surface area contributed by atoms with Crippen LogP contribution >= 0.6 is 0 Å². The molecule has 1 aliphatic rings. The van der Waals surface area contributed by atoms with Gasteiger partial charge in [-0.15, -0.1) is 0 Å². The highest BCUT2D eigenvalue weighted by Gasteiger charge is 2.32. The molecule has 6 aromatic rings. The summed E-state index contributed by atoms with van der Waals surface area (Å²) >= 11 is 0. The molecule has 0 aromatic heterocycles. The molecule has 0 unspecified atom stereocenters. The molecule has 0 spiro atoms. The minimum absolute atomic E-state index is 0.120. The monoisotopic (exact) mass is 630 g/mol. The van der Waals surface area contributed by atoms with Crippen LogP contribution in [0.5, 0.6) is 11.5 Å². The van der Waals surface area contributed by atoms with Gasteiger partial charge in [-0.25, -0.2) is 0 Å². The predicted molar refractivity (Wildman–Crippen MR) is 196 cm³/mol. The third-order valence-corrected chi connectivity index (χ3v) is 9.72. The number of para-hydroxylation sites is 2. The Kier molecular flexibility index (Phi) is 9.65. The maximum Gasteiger partial charge on any atom is 0.128 e. The van der Waals surface area contributed by atoms with Crippen molar-refractivity contribution in [1.82, 2.24) is 10.6 Å². The lowest BCUT2D eigenvalue weighted by Gasteiger charge is -2.39. The summed E-state index contributed by atoms with van der Waals surface area (Å²) in [5.74, 6) is 0.602. The first kappa shape index (κ1) is 31.4. The van der Waals surface area contributed by atoms with Crippen molar-refractivity contribution in [2.75, 3.05) is 0 Å². The maximum absolute atomic E-state index is 11.8. The van der Waals surface area contributed by atoms with Crippen LogP contribution in [0.3, 0.4) is 0 Å². The number of nitrogens with one attached hydrogen (secondary N) is 2. The van der Waals surface area contributed by atoms with E-state index < -0.39 is 0 Å². The van der Waals surface area contributed by atoms with Crippen LogP contribution in [0.15, 0.2) is 158 Å². The molecular formula is C44H42N2O2. The van der Waals surface area contributed by atoms with E-state index in [0.29, 0.717) is 11.5 Å². The van der Waals surface area contributed by atoms with Gasteiger partial charge < -0.3 is 20.8 Å². The minimum atomic E-state index is -0.216. The zero-order chi connectivity index (χ0) is 32.7. The van der Waals surface area contributed by atoms with Crippen LogP contribution < -0.4 is 10.6 Å². The first-order valence-corrected chi connectivity index (χ1v) is 17.0. The largest absolute Gasteiger partial charge is 0.507 e. The summed E-state index contributed by atoms with van der Waals surface area (Å²) in [4.78, 5) is 0. The van der Waals surface area contributed by atoms with E-state index in [0.717, 1.165) is 70.2 Å². The van der Waals surface area contributed by atoms with Gasteiger partial charge in [-0.05, 0) is 35.1 Å². The number of hydrogen-bond donors (Lipinski definition) is 4. The average molecular weight is 631 g/mol. The maximum atomic E-state index is 11.8. The third-order valence-electron chi connectivity index (χ3n) is 9.72. The van der Waals surface area contributed by atoms with Crippen molar-refractivity contribution < 1.29 is 10.2 Å². The van der Waals surface area contributed by atoms with E-state index in [1.807, 2.05) is 109 Å². The zero-order valence-corrected chi connectivity index (χ0v) is 27.0. The zero-order valence-electron chi connectivity index (χ0n) is 27.0. The highest BCUT2D eigenvalue weighted by Crippen LogP contribution is 2.40. The van der Waals surface area contributed by atoms with Crippen LogP contribution in [0, 0.1) is 0 Å². The van der Waals surface area contributed by atoms with Crippen LogP contribution in [0.2, 0.25) is 0 Å². The number of rotatable bonds is 10. The molecule has 4 N–H and O–H groups in total. The van der Waals surface area contributed by atoms with Crippen molar-refractivity contribution in [2.45, 2.75) is 49.9 Å². The van der Waals surface area contributed by atoms with E-state index in [1.165, 1.54) is 0 Å². The molecule has 6 aromatic carbocycles. The van der Waals surface area contributed by atoms with Gasteiger partial charge in [-0.1, -0.05) is 171 Å². The van der Waals surface area contributed by atoms with Crippen molar-refractivity contribution >= 4 is 0 Å². The van der Waals surface area contributed by atoms with Crippen molar-refractivity contribution in [1.29, 1.82) is 0 Å². The minimum Gasteiger partial charge on any atom is -0.507 e. The quantitative estimate of drug-likeness (QED) is 0.122. The average Bonchev–Trinajstić information content (AvgIpc) is 3.15. The number of phenols is 2. The summed E-state index contributed by atoms with van der Waals surface area (Å²) in [5.41, 5.74) is 7.57. The Morgan fingerprint density at radius 3 is 1.15 bits per heavy atom. The lowest BCUT2D eigenvalue weighted by molar-refractivity contribution is 0.259. The second-order valence-electron chi connectivity index (χ2n) is 12.7. The molecule has 4 nitrogen and oxygen atoms in total. The molecule has 1 fully saturated rings. The van der Waals surface area contributed by atoms with E-state index in [9.17, 15) is 10.2 Å². The number of benzene rings is 6. The van der Waals surface area contributed by atoms with Gasteiger partial charge in [0.25, 0.3) is 0 Å². The Morgan fingerprint density at radius 1 is 0.417 bits per heavy atom. The summed E-state index contributed by atoms with van der Waals surface area (Å²) in [6.45, 7) is 0. The van der Waals surface area contributed by atoms with Gasteiger partial charge in [0, 0.05) is 34.3 Å². The van der Waals surface area contributed by atoms with Gasteiger partial charge in [0.2, 0.25) is 0 Å². The molecule has 0 aliphatic heterocycles. The SMILES string of the molecule is Oc1c(-c2ccccc2)cccc1[C@H](N[C@@H]1CCCC[C@H]1N[C@H](c1ccccc1)c1cccc(-c2ccccc2)c1O)c1ccccc1. The van der Waals surface area contributed by atoms with Gasteiger partial charge in [-0.3, -0.25) is 0 Å². The summed E-state index contributed by atoms with van der Waals surface area (Å²) in [5, 5.41) is 31.6. The topological polar surface area (TPSA) is 64.5 Å². The Hall–Kier alpha value is -5.16. The fraction of sp³-hybridized carbons (Fsp3) is 0.182. The van der Waals surface area contributed by atoms with Crippen molar-refractivity contribution in [3.63, 3.8) is 0 Å². The number of hydrogen-bond acceptors (Lipinski definition) is 4.